The van der Waals surface area contributed by atoms with Gasteiger partial charge in [-0.25, -0.2) is 4.98 Å². The van der Waals surface area contributed by atoms with E-state index in [1.807, 2.05) is 6.92 Å². The first-order valence-corrected chi connectivity index (χ1v) is 9.58. The summed E-state index contributed by atoms with van der Waals surface area (Å²) in [5, 5.41) is 9.20. The van der Waals surface area contributed by atoms with Crippen LogP contribution in [0.15, 0.2) is 40.3 Å². The van der Waals surface area contributed by atoms with Gasteiger partial charge in [-0.15, -0.1) is 11.3 Å². The molecule has 0 saturated carbocycles. The van der Waals surface area contributed by atoms with E-state index in [9.17, 15) is 13.6 Å². The third-order valence-electron chi connectivity index (χ3n) is 3.72. The van der Waals surface area contributed by atoms with Crippen LogP contribution in [0, 0.1) is 6.92 Å². The first-order valence-electron chi connectivity index (χ1n) is 7.91. The van der Waals surface area contributed by atoms with Crippen molar-refractivity contribution in [1.29, 1.82) is 0 Å². The van der Waals surface area contributed by atoms with Gasteiger partial charge in [-0.05, 0) is 47.1 Å². The van der Waals surface area contributed by atoms with Crippen molar-refractivity contribution in [2.75, 3.05) is 5.32 Å². The maximum Gasteiger partial charge on any atom is 0.387 e. The number of thiazole rings is 1. The molecule has 142 valence electrons. The van der Waals surface area contributed by atoms with Crippen molar-refractivity contribution in [3.8, 4) is 17.0 Å². The summed E-state index contributed by atoms with van der Waals surface area (Å²) in [7, 11) is 0. The molecule has 3 rings (SSSR count). The summed E-state index contributed by atoms with van der Waals surface area (Å²) in [6, 6.07) is 6.17. The Balaban J connectivity index is 1.57. The second-order valence-corrected chi connectivity index (χ2v) is 7.25. The molecule has 0 bridgehead atoms. The maximum absolute atomic E-state index is 12.2. The monoisotopic (exact) mass is 456 g/mol. The number of alkyl halides is 2. The van der Waals surface area contributed by atoms with E-state index < -0.39 is 6.61 Å². The number of ether oxygens (including phenoxy) is 1. The lowest BCUT2D eigenvalue weighted by molar-refractivity contribution is -0.116. The third-order valence-corrected chi connectivity index (χ3v) is 5.26. The van der Waals surface area contributed by atoms with Crippen LogP contribution in [0.1, 0.15) is 12.1 Å². The Labute approximate surface area is 166 Å². The minimum absolute atomic E-state index is 0.0815. The van der Waals surface area contributed by atoms with Crippen LogP contribution in [-0.4, -0.2) is 27.3 Å². The Bertz CT molecular complexity index is 927. The number of halogens is 3. The van der Waals surface area contributed by atoms with Gasteiger partial charge in [0.15, 0.2) is 5.13 Å². The number of benzene rings is 1. The highest BCUT2D eigenvalue weighted by Crippen LogP contribution is 2.27. The Kier molecular flexibility index (Phi) is 6.17. The molecule has 0 unspecified atom stereocenters. The van der Waals surface area contributed by atoms with E-state index in [2.05, 4.69) is 36.1 Å². The number of anilines is 1. The van der Waals surface area contributed by atoms with E-state index in [0.29, 0.717) is 17.4 Å². The van der Waals surface area contributed by atoms with Crippen LogP contribution in [-0.2, 0) is 11.3 Å². The zero-order valence-electron chi connectivity index (χ0n) is 14.2. The molecule has 2 aromatic heterocycles. The Morgan fingerprint density at radius 3 is 2.74 bits per heavy atom. The molecule has 10 heteroatoms. The van der Waals surface area contributed by atoms with Crippen LogP contribution in [0.2, 0.25) is 0 Å². The van der Waals surface area contributed by atoms with E-state index in [-0.39, 0.29) is 18.1 Å². The molecule has 0 aliphatic carbocycles. The Hall–Kier alpha value is -2.33. The first kappa shape index (κ1) is 19.4. The van der Waals surface area contributed by atoms with Gasteiger partial charge in [-0.2, -0.15) is 13.9 Å². The summed E-state index contributed by atoms with van der Waals surface area (Å²) in [6.07, 6.45) is 1.96. The summed E-state index contributed by atoms with van der Waals surface area (Å²) < 4.78 is 31.3. The second-order valence-electron chi connectivity index (χ2n) is 5.54. The Morgan fingerprint density at radius 1 is 1.37 bits per heavy atom. The predicted octanol–water partition coefficient (Wildman–Crippen LogP) is 4.71. The van der Waals surface area contributed by atoms with E-state index in [1.54, 1.807) is 28.4 Å². The van der Waals surface area contributed by atoms with Crippen molar-refractivity contribution in [1.82, 2.24) is 14.8 Å². The molecular formula is C17H15BrF2N4O2S. The molecule has 0 aliphatic heterocycles. The van der Waals surface area contributed by atoms with E-state index in [1.165, 1.54) is 23.5 Å². The SMILES string of the molecule is Cc1c(Br)cnn1CCC(=O)Nc1nc(-c2ccc(OC(F)F)cc2)cs1. The Morgan fingerprint density at radius 2 is 2.11 bits per heavy atom. The number of aromatic nitrogens is 3. The van der Waals surface area contributed by atoms with Gasteiger partial charge in [0.25, 0.3) is 0 Å². The normalized spacial score (nSPS) is 11.0. The molecule has 2 heterocycles. The molecule has 3 aromatic rings. The fourth-order valence-corrected chi connectivity index (χ4v) is 3.34. The van der Waals surface area contributed by atoms with Gasteiger partial charge in [-0.1, -0.05) is 0 Å². The number of nitrogens with zero attached hydrogens (tertiary/aromatic N) is 3. The van der Waals surface area contributed by atoms with Crippen LogP contribution in [0.3, 0.4) is 0 Å². The summed E-state index contributed by atoms with van der Waals surface area (Å²) >= 11 is 4.67. The van der Waals surface area contributed by atoms with Gasteiger partial charge >= 0.3 is 6.61 Å². The largest absolute Gasteiger partial charge is 0.435 e. The average molecular weight is 457 g/mol. The van der Waals surface area contributed by atoms with Crippen LogP contribution in [0.5, 0.6) is 5.75 Å². The highest BCUT2D eigenvalue weighted by molar-refractivity contribution is 9.10. The number of rotatable bonds is 7. The van der Waals surface area contributed by atoms with Gasteiger partial charge in [0.05, 0.1) is 22.9 Å². The van der Waals surface area contributed by atoms with Crippen molar-refractivity contribution in [3.05, 3.63) is 46.0 Å². The van der Waals surface area contributed by atoms with Crippen molar-refractivity contribution in [2.45, 2.75) is 26.5 Å². The van der Waals surface area contributed by atoms with Gasteiger partial charge in [-0.3, -0.25) is 9.48 Å². The van der Waals surface area contributed by atoms with Crippen LogP contribution in [0.25, 0.3) is 11.3 Å². The zero-order chi connectivity index (χ0) is 19.4. The molecule has 1 amide bonds. The highest BCUT2D eigenvalue weighted by Gasteiger charge is 2.11. The van der Waals surface area contributed by atoms with E-state index in [0.717, 1.165) is 15.7 Å². The van der Waals surface area contributed by atoms with Gasteiger partial charge in [0, 0.05) is 23.1 Å². The van der Waals surface area contributed by atoms with Gasteiger partial charge in [0.2, 0.25) is 5.91 Å². The molecule has 0 saturated heterocycles. The quantitative estimate of drug-likeness (QED) is 0.558. The number of carbonyl (C=O) groups excluding carboxylic acids is 1. The van der Waals surface area contributed by atoms with Crippen molar-refractivity contribution in [3.63, 3.8) is 0 Å². The third kappa shape index (κ3) is 5.10. The summed E-state index contributed by atoms with van der Waals surface area (Å²) in [4.78, 5) is 16.5. The molecular weight excluding hydrogens is 442 g/mol. The molecule has 0 atom stereocenters. The molecule has 6 nitrogen and oxygen atoms in total. The molecule has 0 fully saturated rings. The fourth-order valence-electron chi connectivity index (χ4n) is 2.31. The average Bonchev–Trinajstić information content (AvgIpc) is 3.21. The number of aryl methyl sites for hydroxylation is 1. The van der Waals surface area contributed by atoms with E-state index in [4.69, 9.17) is 0 Å². The standard InChI is InChI=1S/C17H15BrF2N4O2S/c1-10-13(18)8-21-24(10)7-6-15(25)23-17-22-14(9-27-17)11-2-4-12(5-3-11)26-16(19)20/h2-5,8-9,16H,6-7H2,1H3,(H,22,23,25). The lowest BCUT2D eigenvalue weighted by atomic mass is 10.2. The van der Waals surface area contributed by atoms with Crippen molar-refractivity contribution >= 4 is 38.3 Å². The van der Waals surface area contributed by atoms with Gasteiger partial charge in [0.1, 0.15) is 5.75 Å². The smallest absolute Gasteiger partial charge is 0.387 e. The van der Waals surface area contributed by atoms with Crippen LogP contribution < -0.4 is 10.1 Å². The maximum atomic E-state index is 12.2. The first-order chi connectivity index (χ1) is 12.9. The molecule has 1 aromatic carbocycles. The van der Waals surface area contributed by atoms with Crippen molar-refractivity contribution in [2.24, 2.45) is 0 Å². The van der Waals surface area contributed by atoms with Gasteiger partial charge < -0.3 is 10.1 Å². The van der Waals surface area contributed by atoms with Crippen molar-refractivity contribution < 1.29 is 18.3 Å². The minimum Gasteiger partial charge on any atom is -0.435 e. The molecule has 1 N–H and O–H groups in total. The molecule has 27 heavy (non-hydrogen) atoms. The van der Waals surface area contributed by atoms with Crippen LogP contribution in [0.4, 0.5) is 13.9 Å². The van der Waals surface area contributed by atoms with E-state index >= 15 is 0 Å². The zero-order valence-corrected chi connectivity index (χ0v) is 16.6. The number of amides is 1. The minimum atomic E-state index is -2.86. The number of hydrogen-bond donors (Lipinski definition) is 1. The predicted molar refractivity (Wildman–Crippen MR) is 102 cm³/mol. The summed E-state index contributed by atoms with van der Waals surface area (Å²) in [6.45, 7) is -0.476. The fraction of sp³-hybridized carbons (Fsp3) is 0.235. The molecule has 0 aliphatic rings. The lowest BCUT2D eigenvalue weighted by Crippen LogP contribution is -2.15. The summed E-state index contributed by atoms with van der Waals surface area (Å²) in [5.74, 6) is -0.0827. The van der Waals surface area contributed by atoms with Crippen LogP contribution >= 0.6 is 27.3 Å². The topological polar surface area (TPSA) is 69.0 Å². The molecule has 0 radical (unpaired) electrons. The number of nitrogens with one attached hydrogen (secondary N) is 1. The lowest BCUT2D eigenvalue weighted by Gasteiger charge is -2.05. The highest BCUT2D eigenvalue weighted by atomic mass is 79.9. The summed E-state index contributed by atoms with van der Waals surface area (Å²) in [5.41, 5.74) is 2.34. The molecule has 0 spiro atoms. The second kappa shape index (κ2) is 8.57. The number of carbonyl (C=O) groups is 1. The number of hydrogen-bond acceptors (Lipinski definition) is 5.